The van der Waals surface area contributed by atoms with Crippen molar-refractivity contribution in [3.05, 3.63) is 18.7 Å². The Balaban J connectivity index is 1.63. The van der Waals surface area contributed by atoms with Crippen LogP contribution >= 0.6 is 0 Å². The summed E-state index contributed by atoms with van der Waals surface area (Å²) in [7, 11) is 0. The highest BCUT2D eigenvalue weighted by Gasteiger charge is 2.21. The van der Waals surface area contributed by atoms with Crippen LogP contribution in [0.15, 0.2) is 18.7 Å². The van der Waals surface area contributed by atoms with Gasteiger partial charge in [0.25, 0.3) is 0 Å². The molecule has 0 spiro atoms. The molecule has 114 valence electrons. The summed E-state index contributed by atoms with van der Waals surface area (Å²) < 4.78 is 2.15. The Labute approximate surface area is 122 Å². The van der Waals surface area contributed by atoms with Crippen LogP contribution in [0.4, 0.5) is 0 Å². The van der Waals surface area contributed by atoms with Gasteiger partial charge in [-0.1, -0.05) is 13.3 Å². The molecule has 1 aliphatic heterocycles. The average molecular weight is 279 g/mol. The van der Waals surface area contributed by atoms with E-state index in [2.05, 4.69) is 26.3 Å². The number of imidazole rings is 1. The molecule has 1 fully saturated rings. The minimum absolute atomic E-state index is 0.591. The van der Waals surface area contributed by atoms with Gasteiger partial charge in [0.1, 0.15) is 0 Å². The van der Waals surface area contributed by atoms with Gasteiger partial charge in [0, 0.05) is 57.7 Å². The van der Waals surface area contributed by atoms with E-state index in [9.17, 15) is 0 Å². The Hall–Kier alpha value is -0.910. The molecule has 0 bridgehead atoms. The molecule has 5 nitrogen and oxygen atoms in total. The summed E-state index contributed by atoms with van der Waals surface area (Å²) in [6, 6.07) is 0.591. The predicted molar refractivity (Wildman–Crippen MR) is 82.6 cm³/mol. The SMILES string of the molecule is CCCC(CN)N1CCN(CCCn2ccnc2)CC1. The second-order valence-electron chi connectivity index (χ2n) is 5.71. The Bertz CT molecular complexity index is 343. The molecular weight excluding hydrogens is 250 g/mol. The van der Waals surface area contributed by atoms with E-state index in [0.29, 0.717) is 6.04 Å². The third-order valence-electron chi connectivity index (χ3n) is 4.27. The molecule has 2 rings (SSSR count). The highest BCUT2D eigenvalue weighted by molar-refractivity contribution is 4.79. The quantitative estimate of drug-likeness (QED) is 0.772. The van der Waals surface area contributed by atoms with Gasteiger partial charge in [-0.15, -0.1) is 0 Å². The monoisotopic (exact) mass is 279 g/mol. The van der Waals surface area contributed by atoms with E-state index in [1.165, 1.54) is 52.0 Å². The average Bonchev–Trinajstić information content (AvgIpc) is 2.99. The summed E-state index contributed by atoms with van der Waals surface area (Å²) >= 11 is 0. The van der Waals surface area contributed by atoms with Crippen molar-refractivity contribution >= 4 is 0 Å². The molecule has 1 aliphatic rings. The summed E-state index contributed by atoms with van der Waals surface area (Å²) in [6.07, 6.45) is 9.44. The summed E-state index contributed by atoms with van der Waals surface area (Å²) in [5, 5.41) is 0. The zero-order valence-electron chi connectivity index (χ0n) is 12.7. The van der Waals surface area contributed by atoms with Gasteiger partial charge in [-0.05, 0) is 19.4 Å². The fourth-order valence-electron chi connectivity index (χ4n) is 3.03. The highest BCUT2D eigenvalue weighted by atomic mass is 15.3. The van der Waals surface area contributed by atoms with Crippen molar-refractivity contribution < 1.29 is 0 Å². The van der Waals surface area contributed by atoms with Crippen molar-refractivity contribution in [3.63, 3.8) is 0 Å². The van der Waals surface area contributed by atoms with Crippen LogP contribution in [-0.4, -0.2) is 64.7 Å². The molecule has 1 aromatic heterocycles. The Morgan fingerprint density at radius 2 is 2.00 bits per heavy atom. The molecule has 2 heterocycles. The topological polar surface area (TPSA) is 50.3 Å². The Kier molecular flexibility index (Phi) is 6.50. The van der Waals surface area contributed by atoms with Gasteiger partial charge in [0.2, 0.25) is 0 Å². The lowest BCUT2D eigenvalue weighted by Crippen LogP contribution is -2.52. The lowest BCUT2D eigenvalue weighted by atomic mass is 10.1. The van der Waals surface area contributed by atoms with Gasteiger partial charge in [-0.2, -0.15) is 0 Å². The molecule has 1 unspecified atom stereocenters. The van der Waals surface area contributed by atoms with Crippen LogP contribution in [-0.2, 0) is 6.54 Å². The maximum absolute atomic E-state index is 5.89. The van der Waals surface area contributed by atoms with E-state index < -0.39 is 0 Å². The molecule has 1 saturated heterocycles. The third-order valence-corrected chi connectivity index (χ3v) is 4.27. The summed E-state index contributed by atoms with van der Waals surface area (Å²) in [5.41, 5.74) is 5.89. The smallest absolute Gasteiger partial charge is 0.0945 e. The number of aromatic nitrogens is 2. The van der Waals surface area contributed by atoms with Crippen LogP contribution < -0.4 is 5.73 Å². The first kappa shape index (κ1) is 15.5. The molecule has 1 aromatic rings. The van der Waals surface area contributed by atoms with Gasteiger partial charge in [0.15, 0.2) is 0 Å². The van der Waals surface area contributed by atoms with Crippen LogP contribution in [0.1, 0.15) is 26.2 Å². The highest BCUT2D eigenvalue weighted by Crippen LogP contribution is 2.10. The van der Waals surface area contributed by atoms with Gasteiger partial charge in [-0.25, -0.2) is 4.98 Å². The molecule has 2 N–H and O–H groups in total. The molecular formula is C15H29N5. The van der Waals surface area contributed by atoms with Crippen LogP contribution in [0.2, 0.25) is 0 Å². The number of nitrogens with two attached hydrogens (primary N) is 1. The van der Waals surface area contributed by atoms with E-state index in [1.54, 1.807) is 0 Å². The second-order valence-corrected chi connectivity index (χ2v) is 5.71. The third kappa shape index (κ3) is 4.58. The molecule has 5 heteroatoms. The molecule has 0 amide bonds. The van der Waals surface area contributed by atoms with E-state index in [0.717, 1.165) is 13.1 Å². The summed E-state index contributed by atoms with van der Waals surface area (Å²) in [4.78, 5) is 9.23. The zero-order valence-corrected chi connectivity index (χ0v) is 12.7. The number of nitrogens with zero attached hydrogens (tertiary/aromatic N) is 4. The fourth-order valence-corrected chi connectivity index (χ4v) is 3.03. The van der Waals surface area contributed by atoms with Crippen molar-refractivity contribution in [2.75, 3.05) is 39.3 Å². The van der Waals surface area contributed by atoms with Crippen LogP contribution in [0, 0.1) is 0 Å². The summed E-state index contributed by atoms with van der Waals surface area (Å²) in [5.74, 6) is 0. The maximum atomic E-state index is 5.89. The standard InChI is InChI=1S/C15H29N5/c1-2-4-15(13-16)20-11-9-18(10-12-20)6-3-7-19-8-5-17-14-19/h5,8,14-15H,2-4,6-7,9-13,16H2,1H3. The molecule has 0 aliphatic carbocycles. The van der Waals surface area contributed by atoms with Gasteiger partial charge >= 0.3 is 0 Å². The zero-order chi connectivity index (χ0) is 14.2. The molecule has 1 atom stereocenters. The Morgan fingerprint density at radius 3 is 2.60 bits per heavy atom. The largest absolute Gasteiger partial charge is 0.337 e. The number of aryl methyl sites for hydroxylation is 1. The lowest BCUT2D eigenvalue weighted by Gasteiger charge is -2.39. The first-order valence-corrected chi connectivity index (χ1v) is 7.95. The van der Waals surface area contributed by atoms with Crippen molar-refractivity contribution in [3.8, 4) is 0 Å². The predicted octanol–water partition coefficient (Wildman–Crippen LogP) is 1.02. The van der Waals surface area contributed by atoms with E-state index in [4.69, 9.17) is 5.73 Å². The molecule has 0 radical (unpaired) electrons. The normalized spacial score (nSPS) is 19.3. The van der Waals surface area contributed by atoms with E-state index in [-0.39, 0.29) is 0 Å². The van der Waals surface area contributed by atoms with Crippen molar-refractivity contribution in [1.82, 2.24) is 19.4 Å². The van der Waals surface area contributed by atoms with Crippen molar-refractivity contribution in [1.29, 1.82) is 0 Å². The van der Waals surface area contributed by atoms with Gasteiger partial charge in [0.05, 0.1) is 6.33 Å². The Morgan fingerprint density at radius 1 is 1.20 bits per heavy atom. The number of hydrogen-bond donors (Lipinski definition) is 1. The van der Waals surface area contributed by atoms with Gasteiger partial charge in [-0.3, -0.25) is 4.90 Å². The maximum Gasteiger partial charge on any atom is 0.0945 e. The van der Waals surface area contributed by atoms with Crippen LogP contribution in [0.5, 0.6) is 0 Å². The number of hydrogen-bond acceptors (Lipinski definition) is 4. The first-order chi connectivity index (χ1) is 9.83. The van der Waals surface area contributed by atoms with Crippen LogP contribution in [0.3, 0.4) is 0 Å². The fraction of sp³-hybridized carbons (Fsp3) is 0.800. The minimum atomic E-state index is 0.591. The van der Waals surface area contributed by atoms with E-state index in [1.807, 2.05) is 18.7 Å². The summed E-state index contributed by atoms with van der Waals surface area (Å²) in [6.45, 7) is 10.0. The minimum Gasteiger partial charge on any atom is -0.337 e. The molecule has 0 saturated carbocycles. The molecule has 0 aromatic carbocycles. The van der Waals surface area contributed by atoms with Gasteiger partial charge < -0.3 is 15.2 Å². The van der Waals surface area contributed by atoms with Crippen LogP contribution in [0.25, 0.3) is 0 Å². The second kappa shape index (κ2) is 8.39. The number of piperazine rings is 1. The van der Waals surface area contributed by atoms with Crippen molar-refractivity contribution in [2.45, 2.75) is 38.8 Å². The number of rotatable bonds is 8. The first-order valence-electron chi connectivity index (χ1n) is 7.95. The van der Waals surface area contributed by atoms with E-state index >= 15 is 0 Å². The molecule has 20 heavy (non-hydrogen) atoms. The van der Waals surface area contributed by atoms with Crippen molar-refractivity contribution in [2.24, 2.45) is 5.73 Å². The lowest BCUT2D eigenvalue weighted by molar-refractivity contribution is 0.0931.